The van der Waals surface area contributed by atoms with Gasteiger partial charge in [-0.05, 0) is 43.8 Å². The second-order valence-electron chi connectivity index (χ2n) is 8.23. The lowest BCUT2D eigenvalue weighted by Gasteiger charge is -2.31. The van der Waals surface area contributed by atoms with Crippen molar-refractivity contribution in [3.63, 3.8) is 0 Å². The minimum absolute atomic E-state index is 0.0952. The van der Waals surface area contributed by atoms with Gasteiger partial charge in [-0.25, -0.2) is 22.9 Å². The monoisotopic (exact) mass is 511 g/mol. The van der Waals surface area contributed by atoms with E-state index >= 15 is 0 Å². The molecule has 1 fully saturated rings. The van der Waals surface area contributed by atoms with E-state index < -0.39 is 40.8 Å². The maximum Gasteiger partial charge on any atom is 0.357 e. The van der Waals surface area contributed by atoms with Crippen LogP contribution in [0.5, 0.6) is 5.75 Å². The summed E-state index contributed by atoms with van der Waals surface area (Å²) < 4.78 is 72.5. The Bertz CT molecular complexity index is 1180. The number of piperidine rings is 1. The average molecular weight is 512 g/mol. The first-order chi connectivity index (χ1) is 16.8. The maximum absolute atomic E-state index is 13.9. The lowest BCUT2D eigenvalue weighted by atomic mass is 9.90. The van der Waals surface area contributed by atoms with Crippen molar-refractivity contribution in [3.8, 4) is 5.75 Å². The molecule has 5 nitrogen and oxygen atoms in total. The molecular formula is C24H22F5N3O2S. The number of benzene rings is 2. The van der Waals surface area contributed by atoms with Gasteiger partial charge in [0.2, 0.25) is 34.8 Å². The number of likely N-dealkylation sites (tertiary alicyclic amines) is 1. The fourth-order valence-corrected chi connectivity index (χ4v) is 5.03. The lowest BCUT2D eigenvalue weighted by molar-refractivity contribution is 0.0722. The smallest absolute Gasteiger partial charge is 0.357 e. The first kappa shape index (κ1) is 25.1. The highest BCUT2D eigenvalue weighted by Crippen LogP contribution is 2.32. The van der Waals surface area contributed by atoms with Crippen LogP contribution in [0.4, 0.5) is 27.8 Å². The van der Waals surface area contributed by atoms with Crippen LogP contribution in [0.1, 0.15) is 33.1 Å². The second kappa shape index (κ2) is 10.7. The van der Waals surface area contributed by atoms with E-state index in [1.807, 2.05) is 18.2 Å². The normalized spacial score (nSPS) is 14.8. The Labute approximate surface area is 202 Å². The van der Waals surface area contributed by atoms with Crippen LogP contribution in [-0.2, 0) is 13.0 Å². The zero-order chi connectivity index (χ0) is 25.1. The highest BCUT2D eigenvalue weighted by Gasteiger charge is 2.30. The zero-order valence-electron chi connectivity index (χ0n) is 18.7. The molecule has 186 valence electrons. The summed E-state index contributed by atoms with van der Waals surface area (Å²) in [5.74, 6) is -13.4. The third kappa shape index (κ3) is 5.46. The molecule has 0 radical (unpaired) electrons. The van der Waals surface area contributed by atoms with Crippen LogP contribution >= 0.6 is 11.3 Å². The van der Waals surface area contributed by atoms with E-state index in [2.05, 4.69) is 32.1 Å². The fraction of sp³-hybridized carbons (Fsp3) is 0.333. The van der Waals surface area contributed by atoms with Gasteiger partial charge in [0, 0.05) is 7.05 Å². The topological polar surface area (TPSA) is 54.5 Å². The molecule has 0 spiro atoms. The summed E-state index contributed by atoms with van der Waals surface area (Å²) >= 11 is 0.935. The Morgan fingerprint density at radius 3 is 2.23 bits per heavy atom. The van der Waals surface area contributed by atoms with E-state index in [4.69, 9.17) is 0 Å². The van der Waals surface area contributed by atoms with Crippen LogP contribution in [0, 0.1) is 35.0 Å². The molecular weight excluding hydrogens is 489 g/mol. The minimum Gasteiger partial charge on any atom is -0.416 e. The van der Waals surface area contributed by atoms with E-state index in [0.717, 1.165) is 43.7 Å². The van der Waals surface area contributed by atoms with E-state index in [-0.39, 0.29) is 10.7 Å². The van der Waals surface area contributed by atoms with E-state index in [1.54, 1.807) is 0 Å². The van der Waals surface area contributed by atoms with Gasteiger partial charge in [0.15, 0.2) is 10.7 Å². The Morgan fingerprint density at radius 1 is 1.03 bits per heavy atom. The molecule has 1 aromatic heterocycles. The van der Waals surface area contributed by atoms with Crippen LogP contribution in [0.3, 0.4) is 0 Å². The number of carbonyl (C=O) groups excluding carboxylic acids is 1. The van der Waals surface area contributed by atoms with Gasteiger partial charge in [-0.2, -0.15) is 8.78 Å². The van der Waals surface area contributed by atoms with Crippen molar-refractivity contribution in [2.24, 2.45) is 5.92 Å². The quantitative estimate of drug-likeness (QED) is 0.148. The number of halogens is 5. The number of aromatic nitrogens is 1. The zero-order valence-corrected chi connectivity index (χ0v) is 19.5. The number of rotatable bonds is 7. The molecule has 1 aliphatic heterocycles. The van der Waals surface area contributed by atoms with E-state index in [1.165, 1.54) is 12.6 Å². The molecule has 0 bridgehead atoms. The van der Waals surface area contributed by atoms with Crippen molar-refractivity contribution in [1.29, 1.82) is 0 Å². The van der Waals surface area contributed by atoms with E-state index in [0.29, 0.717) is 17.5 Å². The SMILES string of the molecule is CNc1nc(CN2CCC(Cc3ccccc3)CC2)sc1C(=O)Oc1c(F)c(F)c(F)c(F)c1F. The van der Waals surface area contributed by atoms with Crippen LogP contribution in [0.25, 0.3) is 0 Å². The van der Waals surface area contributed by atoms with Crippen molar-refractivity contribution in [2.75, 3.05) is 25.5 Å². The number of esters is 1. The first-order valence-electron chi connectivity index (χ1n) is 11.0. The van der Waals surface area contributed by atoms with Gasteiger partial charge in [0.05, 0.1) is 6.54 Å². The largest absolute Gasteiger partial charge is 0.416 e. The number of ether oxygens (including phenoxy) is 1. The third-order valence-electron chi connectivity index (χ3n) is 5.89. The van der Waals surface area contributed by atoms with Crippen molar-refractivity contribution in [1.82, 2.24) is 9.88 Å². The Balaban J connectivity index is 1.41. The molecule has 35 heavy (non-hydrogen) atoms. The summed E-state index contributed by atoms with van der Waals surface area (Å²) in [4.78, 5) is 18.9. The molecule has 0 atom stereocenters. The fourth-order valence-electron chi connectivity index (χ4n) is 4.04. The molecule has 3 aromatic rings. The van der Waals surface area contributed by atoms with Crippen molar-refractivity contribution >= 4 is 23.1 Å². The Morgan fingerprint density at radius 2 is 1.63 bits per heavy atom. The summed E-state index contributed by atoms with van der Waals surface area (Å²) in [6.45, 7) is 2.14. The van der Waals surface area contributed by atoms with Gasteiger partial charge in [-0.1, -0.05) is 30.3 Å². The number of hydrogen-bond donors (Lipinski definition) is 1. The summed E-state index contributed by atoms with van der Waals surface area (Å²) in [5, 5.41) is 3.26. The van der Waals surface area contributed by atoms with Crippen LogP contribution < -0.4 is 10.1 Å². The van der Waals surface area contributed by atoms with E-state index in [9.17, 15) is 26.7 Å². The number of anilines is 1. The van der Waals surface area contributed by atoms with Crippen molar-refractivity contribution < 1.29 is 31.5 Å². The molecule has 0 aliphatic carbocycles. The number of nitrogens with zero attached hydrogens (tertiary/aromatic N) is 2. The molecule has 0 amide bonds. The summed E-state index contributed by atoms with van der Waals surface area (Å²) in [6, 6.07) is 10.3. The molecule has 0 saturated carbocycles. The van der Waals surface area contributed by atoms with Gasteiger partial charge in [-0.15, -0.1) is 11.3 Å². The molecule has 1 N–H and O–H groups in total. The second-order valence-corrected chi connectivity index (χ2v) is 9.32. The molecule has 1 saturated heterocycles. The lowest BCUT2D eigenvalue weighted by Crippen LogP contribution is -2.33. The average Bonchev–Trinajstić information content (AvgIpc) is 3.29. The van der Waals surface area contributed by atoms with Gasteiger partial charge in [0.1, 0.15) is 5.01 Å². The van der Waals surface area contributed by atoms with Crippen molar-refractivity contribution in [3.05, 3.63) is 74.9 Å². The van der Waals surface area contributed by atoms with Gasteiger partial charge in [0.25, 0.3) is 0 Å². The number of hydrogen-bond acceptors (Lipinski definition) is 6. The third-order valence-corrected chi connectivity index (χ3v) is 6.91. The van der Waals surface area contributed by atoms with Crippen LogP contribution in [0.2, 0.25) is 0 Å². The molecule has 2 heterocycles. The standard InChI is InChI=1S/C24H22F5N3O2S/c1-30-23-22(24(33)34-21-19(28)17(26)16(25)18(27)20(21)29)35-15(31-23)12-32-9-7-14(8-10-32)11-13-5-3-2-4-6-13/h2-6,14,30H,7-12H2,1H3. The predicted octanol–water partition coefficient (Wildman–Crippen LogP) is 5.55. The molecule has 11 heteroatoms. The molecule has 1 aliphatic rings. The number of carbonyl (C=O) groups is 1. The summed E-state index contributed by atoms with van der Waals surface area (Å²) in [5.41, 5.74) is 1.31. The number of thiazole rings is 1. The number of nitrogens with one attached hydrogen (secondary N) is 1. The Hall–Kier alpha value is -3.05. The molecule has 4 rings (SSSR count). The maximum atomic E-state index is 13.9. The molecule has 0 unspecified atom stereocenters. The van der Waals surface area contributed by atoms with Crippen LogP contribution in [0.15, 0.2) is 30.3 Å². The summed E-state index contributed by atoms with van der Waals surface area (Å²) in [7, 11) is 1.49. The van der Waals surface area contributed by atoms with Gasteiger partial charge < -0.3 is 10.1 Å². The van der Waals surface area contributed by atoms with Gasteiger partial charge >= 0.3 is 5.97 Å². The van der Waals surface area contributed by atoms with Crippen molar-refractivity contribution in [2.45, 2.75) is 25.8 Å². The minimum atomic E-state index is -2.33. The highest BCUT2D eigenvalue weighted by atomic mass is 32.1. The predicted molar refractivity (Wildman–Crippen MR) is 121 cm³/mol. The van der Waals surface area contributed by atoms with Gasteiger partial charge in [-0.3, -0.25) is 4.90 Å². The Kier molecular flexibility index (Phi) is 7.66. The van der Waals surface area contributed by atoms with Crippen LogP contribution in [-0.4, -0.2) is 36.0 Å². The first-order valence-corrected chi connectivity index (χ1v) is 11.8. The summed E-state index contributed by atoms with van der Waals surface area (Å²) in [6.07, 6.45) is 3.03. The molecule has 2 aromatic carbocycles. The highest BCUT2D eigenvalue weighted by molar-refractivity contribution is 7.14.